The smallest absolute Gasteiger partial charge is 0 e. The van der Waals surface area contributed by atoms with Crippen molar-refractivity contribution in [2.24, 2.45) is 0 Å². The summed E-state index contributed by atoms with van der Waals surface area (Å²) >= 11 is 0. The molecule has 5 heavy (non-hydrogen) atoms. The van der Waals surface area contributed by atoms with Gasteiger partial charge in [-0.3, -0.25) is 0 Å². The van der Waals surface area contributed by atoms with E-state index in [1.54, 1.807) is 0 Å². The fourth-order valence-corrected chi connectivity index (χ4v) is 0. The van der Waals surface area contributed by atoms with Crippen LogP contribution in [0.25, 0.3) is 0 Å². The van der Waals surface area contributed by atoms with Gasteiger partial charge in [-0.25, -0.2) is 0 Å². The third-order valence-corrected chi connectivity index (χ3v) is 0. The first kappa shape index (κ1) is 44.1. The minimum absolute atomic E-state index is 0. The van der Waals surface area contributed by atoms with Crippen molar-refractivity contribution in [3.05, 3.63) is 0 Å². The van der Waals surface area contributed by atoms with Crippen molar-refractivity contribution in [1.82, 2.24) is 0 Å². The average Bonchev–Trinajstić information content (AvgIpc) is 0. The molecule has 0 aromatic carbocycles. The summed E-state index contributed by atoms with van der Waals surface area (Å²) in [5.74, 6) is 0. The fraction of sp³-hybridized carbons (Fsp3) is 0. The van der Waals surface area contributed by atoms with Crippen molar-refractivity contribution in [3.63, 3.8) is 0 Å². The molecule has 0 nitrogen and oxygen atoms in total. The molecular weight excluding hydrogens is 361 g/mol. The van der Waals surface area contributed by atoms with E-state index < -0.39 is 0 Å². The molecule has 0 atom stereocenters. The Hall–Kier alpha value is 2.95. The predicted molar refractivity (Wildman–Crippen MR) is 8.54 cm³/mol. The summed E-state index contributed by atoms with van der Waals surface area (Å²) in [5.41, 5.74) is 0. The van der Waals surface area contributed by atoms with E-state index in [0.717, 1.165) is 0 Å². The molecule has 0 unspecified atom stereocenters. The molecule has 0 fully saturated rings. The van der Waals surface area contributed by atoms with Crippen LogP contribution in [-0.4, -0.2) is 23.9 Å². The van der Waals surface area contributed by atoms with E-state index in [2.05, 4.69) is 0 Å². The third-order valence-electron chi connectivity index (χ3n) is 0. The van der Waals surface area contributed by atoms with Gasteiger partial charge in [-0.1, -0.05) is 0 Å². The SMILES string of the molecule is [Cu].[Mn].[Ni].[SnH2].[Zn]. The van der Waals surface area contributed by atoms with Gasteiger partial charge in [0.05, 0.1) is 0 Å². The second kappa shape index (κ2) is 28.2. The molecule has 0 aromatic heterocycles. The molecular formula is H2CuMnNiSnZn. The molecule has 0 aromatic rings. The van der Waals surface area contributed by atoms with Crippen LogP contribution in [-0.2, 0) is 70.1 Å². The molecule has 0 aliphatic heterocycles. The maximum Gasteiger partial charge on any atom is 0 e. The number of hydrogen-bond acceptors (Lipinski definition) is 0. The van der Waals surface area contributed by atoms with Crippen LogP contribution in [0.4, 0.5) is 0 Å². The fourth-order valence-electron chi connectivity index (χ4n) is 0. The zero-order valence-corrected chi connectivity index (χ0v) is 12.5. The van der Waals surface area contributed by atoms with Gasteiger partial charge < -0.3 is 0 Å². The first-order valence-corrected chi connectivity index (χ1v) is 0. The maximum atomic E-state index is 0. The molecule has 0 rings (SSSR count). The van der Waals surface area contributed by atoms with E-state index in [9.17, 15) is 0 Å². The van der Waals surface area contributed by atoms with Crippen LogP contribution in [0.1, 0.15) is 0 Å². The van der Waals surface area contributed by atoms with E-state index in [-0.39, 0.29) is 94.0 Å². The molecule has 5 heteroatoms. The zero-order chi connectivity index (χ0) is 0. The predicted octanol–water partition coefficient (Wildman–Crippen LogP) is -0.926. The second-order valence-electron chi connectivity index (χ2n) is 0. The van der Waals surface area contributed by atoms with Gasteiger partial charge in [-0.15, -0.1) is 0 Å². The van der Waals surface area contributed by atoms with E-state index in [1.165, 1.54) is 0 Å². The third kappa shape index (κ3) is 19.6. The van der Waals surface area contributed by atoms with Crippen LogP contribution in [0.2, 0.25) is 0 Å². The van der Waals surface area contributed by atoms with Crippen molar-refractivity contribution in [2.75, 3.05) is 0 Å². The van der Waals surface area contributed by atoms with E-state index in [4.69, 9.17) is 0 Å². The van der Waals surface area contributed by atoms with Gasteiger partial charge in [0.2, 0.25) is 0 Å². The second-order valence-corrected chi connectivity index (χ2v) is 0. The first-order valence-electron chi connectivity index (χ1n) is 0. The van der Waals surface area contributed by atoms with Gasteiger partial charge in [0.25, 0.3) is 0 Å². The van der Waals surface area contributed by atoms with Gasteiger partial charge in [0, 0.05) is 70.1 Å². The minimum Gasteiger partial charge on any atom is 0 e. The van der Waals surface area contributed by atoms with Crippen LogP contribution < -0.4 is 0 Å². The molecule has 0 heterocycles. The molecule has 0 N–H and O–H groups in total. The summed E-state index contributed by atoms with van der Waals surface area (Å²) in [4.78, 5) is 0. The Morgan fingerprint density at radius 2 is 1.00 bits per heavy atom. The van der Waals surface area contributed by atoms with Crippen molar-refractivity contribution in [1.29, 1.82) is 0 Å². The first-order chi connectivity index (χ1) is 0. The van der Waals surface area contributed by atoms with Gasteiger partial charge in [0.15, 0.2) is 0 Å². The molecule has 0 spiro atoms. The topological polar surface area (TPSA) is 0 Å². The van der Waals surface area contributed by atoms with Gasteiger partial charge in [-0.05, 0) is 0 Å². The monoisotopic (exact) mass is 362 g/mol. The Balaban J connectivity index is 0. The summed E-state index contributed by atoms with van der Waals surface area (Å²) < 4.78 is 0. The molecule has 0 aliphatic rings. The molecule has 0 bridgehead atoms. The summed E-state index contributed by atoms with van der Waals surface area (Å²) in [5, 5.41) is 0. The molecule has 0 aliphatic carbocycles. The van der Waals surface area contributed by atoms with E-state index >= 15 is 0 Å². The quantitative estimate of drug-likeness (QED) is 0.488. The molecule has 0 amide bonds. The van der Waals surface area contributed by atoms with E-state index in [0.29, 0.717) is 0 Å². The molecule has 4 radical (unpaired) electrons. The Morgan fingerprint density at radius 1 is 1.00 bits per heavy atom. The summed E-state index contributed by atoms with van der Waals surface area (Å²) in [7, 11) is 0. The maximum absolute atomic E-state index is 0. The van der Waals surface area contributed by atoms with Crippen LogP contribution in [0.5, 0.6) is 0 Å². The van der Waals surface area contributed by atoms with Crippen molar-refractivity contribution < 1.29 is 70.1 Å². The molecule has 36 valence electrons. The largest absolute Gasteiger partial charge is 0 e. The van der Waals surface area contributed by atoms with Crippen molar-refractivity contribution >= 4 is 23.9 Å². The summed E-state index contributed by atoms with van der Waals surface area (Å²) in [6.45, 7) is 0. The summed E-state index contributed by atoms with van der Waals surface area (Å²) in [6.07, 6.45) is 0. The Bertz CT molecular complexity index is 11.6. The van der Waals surface area contributed by atoms with Gasteiger partial charge in [0.1, 0.15) is 0 Å². The van der Waals surface area contributed by atoms with E-state index in [1.807, 2.05) is 0 Å². The van der Waals surface area contributed by atoms with Crippen LogP contribution in [0.3, 0.4) is 0 Å². The Morgan fingerprint density at radius 3 is 1.00 bits per heavy atom. The minimum atomic E-state index is 0. The van der Waals surface area contributed by atoms with Crippen molar-refractivity contribution in [2.45, 2.75) is 0 Å². The normalized spacial score (nSPS) is 0. The van der Waals surface area contributed by atoms with Crippen LogP contribution in [0, 0.1) is 0 Å². The van der Waals surface area contributed by atoms with Gasteiger partial charge >= 0.3 is 23.9 Å². The Kier molecular flexibility index (Phi) is 249. The number of hydrogen-bond donors (Lipinski definition) is 0. The molecule has 0 saturated heterocycles. The Labute approximate surface area is 92.6 Å². The van der Waals surface area contributed by atoms with Crippen LogP contribution >= 0.6 is 0 Å². The summed E-state index contributed by atoms with van der Waals surface area (Å²) in [6, 6.07) is 0. The number of rotatable bonds is 0. The van der Waals surface area contributed by atoms with Gasteiger partial charge in [-0.2, -0.15) is 0 Å². The molecule has 0 saturated carbocycles. The van der Waals surface area contributed by atoms with Crippen LogP contribution in [0.15, 0.2) is 0 Å². The standard InChI is InChI=1S/Cu.Mn.Ni.Sn.Zn.2H. The zero-order valence-electron chi connectivity index (χ0n) is 2.41. The average molecular weight is 363 g/mol. The van der Waals surface area contributed by atoms with Crippen molar-refractivity contribution in [3.8, 4) is 0 Å².